The highest BCUT2D eigenvalue weighted by molar-refractivity contribution is 6.32. The van der Waals surface area contributed by atoms with Crippen molar-refractivity contribution >= 4 is 11.6 Å². The van der Waals surface area contributed by atoms with E-state index in [1.807, 2.05) is 49.4 Å². The van der Waals surface area contributed by atoms with E-state index < -0.39 is 0 Å². The van der Waals surface area contributed by atoms with E-state index in [4.69, 9.17) is 16.3 Å². The van der Waals surface area contributed by atoms with Gasteiger partial charge in [-0.15, -0.1) is 0 Å². The Morgan fingerprint density at radius 2 is 1.86 bits per heavy atom. The standard InChI is InChI=1S/C18H22ClNO/c1-13(2)11-20-12-15-8-6-9-16(19)18(15)21-17-10-5-4-7-14(17)3/h4-10,13,20H,11-12H2,1-3H3. The molecule has 0 heterocycles. The van der Waals surface area contributed by atoms with Crippen molar-refractivity contribution in [3.8, 4) is 11.5 Å². The van der Waals surface area contributed by atoms with E-state index in [1.54, 1.807) is 0 Å². The summed E-state index contributed by atoms with van der Waals surface area (Å²) in [6.45, 7) is 8.13. The lowest BCUT2D eigenvalue weighted by molar-refractivity contribution is 0.466. The van der Waals surface area contributed by atoms with Crippen molar-refractivity contribution in [2.45, 2.75) is 27.3 Å². The van der Waals surface area contributed by atoms with Gasteiger partial charge in [0, 0.05) is 12.1 Å². The van der Waals surface area contributed by atoms with E-state index in [2.05, 4.69) is 19.2 Å². The van der Waals surface area contributed by atoms with Gasteiger partial charge in [-0.25, -0.2) is 0 Å². The van der Waals surface area contributed by atoms with Gasteiger partial charge in [-0.05, 0) is 37.1 Å². The van der Waals surface area contributed by atoms with E-state index in [0.717, 1.165) is 35.7 Å². The van der Waals surface area contributed by atoms with E-state index in [1.165, 1.54) is 0 Å². The van der Waals surface area contributed by atoms with Crippen LogP contribution in [0.2, 0.25) is 5.02 Å². The molecule has 2 nitrogen and oxygen atoms in total. The fraction of sp³-hybridized carbons (Fsp3) is 0.333. The van der Waals surface area contributed by atoms with Crippen LogP contribution in [0.4, 0.5) is 0 Å². The lowest BCUT2D eigenvalue weighted by Crippen LogP contribution is -2.19. The topological polar surface area (TPSA) is 21.3 Å². The molecule has 2 aromatic carbocycles. The summed E-state index contributed by atoms with van der Waals surface area (Å²) in [4.78, 5) is 0. The third-order valence-electron chi connectivity index (χ3n) is 3.22. The van der Waals surface area contributed by atoms with Crippen molar-refractivity contribution in [2.24, 2.45) is 5.92 Å². The molecule has 0 aromatic heterocycles. The largest absolute Gasteiger partial charge is 0.455 e. The molecule has 0 aliphatic rings. The lowest BCUT2D eigenvalue weighted by Gasteiger charge is -2.15. The summed E-state index contributed by atoms with van der Waals surface area (Å²) < 4.78 is 6.06. The molecule has 3 heteroatoms. The molecule has 21 heavy (non-hydrogen) atoms. The average molecular weight is 304 g/mol. The molecule has 0 unspecified atom stereocenters. The average Bonchev–Trinajstić information content (AvgIpc) is 2.44. The molecule has 112 valence electrons. The van der Waals surface area contributed by atoms with Crippen LogP contribution in [0.1, 0.15) is 25.0 Å². The molecule has 0 bridgehead atoms. The Balaban J connectivity index is 2.20. The first kappa shape index (κ1) is 15.9. The second kappa shape index (κ2) is 7.48. The fourth-order valence-electron chi connectivity index (χ4n) is 2.08. The number of aryl methyl sites for hydroxylation is 1. The van der Waals surface area contributed by atoms with Gasteiger partial charge in [-0.1, -0.05) is 55.8 Å². The zero-order valence-corrected chi connectivity index (χ0v) is 13.6. The molecule has 0 aliphatic carbocycles. The smallest absolute Gasteiger partial charge is 0.150 e. The quantitative estimate of drug-likeness (QED) is 0.793. The number of rotatable bonds is 6. The number of hydrogen-bond donors (Lipinski definition) is 1. The van der Waals surface area contributed by atoms with Crippen LogP contribution in [0.15, 0.2) is 42.5 Å². The second-order valence-corrected chi connectivity index (χ2v) is 6.03. The molecular weight excluding hydrogens is 282 g/mol. The van der Waals surface area contributed by atoms with Crippen LogP contribution in [0.3, 0.4) is 0 Å². The maximum Gasteiger partial charge on any atom is 0.150 e. The molecule has 0 amide bonds. The molecule has 2 rings (SSSR count). The minimum Gasteiger partial charge on any atom is -0.455 e. The Kier molecular flexibility index (Phi) is 5.66. The van der Waals surface area contributed by atoms with Crippen LogP contribution >= 0.6 is 11.6 Å². The van der Waals surface area contributed by atoms with Crippen molar-refractivity contribution in [1.82, 2.24) is 5.32 Å². The van der Waals surface area contributed by atoms with Gasteiger partial charge in [0.2, 0.25) is 0 Å². The highest BCUT2D eigenvalue weighted by Gasteiger charge is 2.10. The zero-order valence-electron chi connectivity index (χ0n) is 12.8. The van der Waals surface area contributed by atoms with Crippen molar-refractivity contribution in [3.05, 3.63) is 58.6 Å². The van der Waals surface area contributed by atoms with E-state index in [9.17, 15) is 0 Å². The summed E-state index contributed by atoms with van der Waals surface area (Å²) >= 11 is 6.32. The first-order chi connectivity index (χ1) is 10.1. The lowest BCUT2D eigenvalue weighted by atomic mass is 10.1. The van der Waals surface area contributed by atoms with Crippen LogP contribution in [0, 0.1) is 12.8 Å². The minimum absolute atomic E-state index is 0.616. The van der Waals surface area contributed by atoms with Crippen LogP contribution in [0.25, 0.3) is 0 Å². The predicted octanol–water partition coefficient (Wildman–Crippen LogP) is 5.19. The van der Waals surface area contributed by atoms with E-state index in [0.29, 0.717) is 10.9 Å². The summed E-state index contributed by atoms with van der Waals surface area (Å²) in [5, 5.41) is 4.07. The molecule has 0 radical (unpaired) electrons. The summed E-state index contributed by atoms with van der Waals surface area (Å²) in [6.07, 6.45) is 0. The first-order valence-electron chi connectivity index (χ1n) is 7.29. The van der Waals surface area contributed by atoms with Gasteiger partial charge in [-0.3, -0.25) is 0 Å². The normalized spacial score (nSPS) is 10.9. The van der Waals surface area contributed by atoms with Crippen LogP contribution in [0.5, 0.6) is 11.5 Å². The van der Waals surface area contributed by atoms with Gasteiger partial charge in [0.25, 0.3) is 0 Å². The summed E-state index contributed by atoms with van der Waals surface area (Å²) in [7, 11) is 0. The summed E-state index contributed by atoms with van der Waals surface area (Å²) in [6, 6.07) is 13.8. The Hall–Kier alpha value is -1.51. The van der Waals surface area contributed by atoms with Crippen LogP contribution < -0.4 is 10.1 Å². The maximum atomic E-state index is 6.32. The highest BCUT2D eigenvalue weighted by Crippen LogP contribution is 2.34. The molecule has 2 aromatic rings. The number of benzene rings is 2. The number of ether oxygens (including phenoxy) is 1. The Labute approximate surface area is 132 Å². The van der Waals surface area contributed by atoms with Gasteiger partial charge < -0.3 is 10.1 Å². The zero-order chi connectivity index (χ0) is 15.2. The number of hydrogen-bond acceptors (Lipinski definition) is 2. The van der Waals surface area contributed by atoms with Crippen molar-refractivity contribution in [2.75, 3.05) is 6.54 Å². The molecular formula is C18H22ClNO. The second-order valence-electron chi connectivity index (χ2n) is 5.62. The maximum absolute atomic E-state index is 6.32. The van der Waals surface area contributed by atoms with Crippen LogP contribution in [-0.2, 0) is 6.54 Å². The molecule has 0 saturated heterocycles. The molecule has 0 fully saturated rings. The number of para-hydroxylation sites is 2. The third kappa shape index (κ3) is 4.48. The molecule has 0 aliphatic heterocycles. The molecule has 0 spiro atoms. The summed E-state index contributed by atoms with van der Waals surface area (Å²) in [5.41, 5.74) is 2.17. The van der Waals surface area contributed by atoms with Crippen LogP contribution in [-0.4, -0.2) is 6.54 Å². The molecule has 0 saturated carbocycles. The van der Waals surface area contributed by atoms with Gasteiger partial charge >= 0.3 is 0 Å². The van der Waals surface area contributed by atoms with Gasteiger partial charge in [0.05, 0.1) is 5.02 Å². The van der Waals surface area contributed by atoms with Gasteiger partial charge in [-0.2, -0.15) is 0 Å². The van der Waals surface area contributed by atoms with E-state index >= 15 is 0 Å². The van der Waals surface area contributed by atoms with Crippen molar-refractivity contribution in [1.29, 1.82) is 0 Å². The Morgan fingerprint density at radius 1 is 1.10 bits per heavy atom. The Morgan fingerprint density at radius 3 is 2.57 bits per heavy atom. The fourth-order valence-corrected chi connectivity index (χ4v) is 2.32. The van der Waals surface area contributed by atoms with Crippen molar-refractivity contribution in [3.63, 3.8) is 0 Å². The first-order valence-corrected chi connectivity index (χ1v) is 7.67. The van der Waals surface area contributed by atoms with Gasteiger partial charge in [0.15, 0.2) is 5.75 Å². The molecule has 0 atom stereocenters. The third-order valence-corrected chi connectivity index (χ3v) is 3.52. The SMILES string of the molecule is Cc1ccccc1Oc1c(Cl)cccc1CNCC(C)C. The number of nitrogens with one attached hydrogen (secondary N) is 1. The molecule has 1 N–H and O–H groups in total. The summed E-state index contributed by atoms with van der Waals surface area (Å²) in [5.74, 6) is 2.20. The predicted molar refractivity (Wildman–Crippen MR) is 89.2 cm³/mol. The van der Waals surface area contributed by atoms with Gasteiger partial charge in [0.1, 0.15) is 5.75 Å². The number of halogens is 1. The van der Waals surface area contributed by atoms with E-state index in [-0.39, 0.29) is 0 Å². The highest BCUT2D eigenvalue weighted by atomic mass is 35.5. The monoisotopic (exact) mass is 303 g/mol. The minimum atomic E-state index is 0.616. The van der Waals surface area contributed by atoms with Crippen molar-refractivity contribution < 1.29 is 4.74 Å². The Bertz CT molecular complexity index is 596.